The van der Waals surface area contributed by atoms with Gasteiger partial charge in [0.25, 0.3) is 5.79 Å². The Morgan fingerprint density at radius 3 is 2.46 bits per heavy atom. The van der Waals surface area contributed by atoms with Gasteiger partial charge in [0.2, 0.25) is 0 Å². The molecule has 0 saturated carbocycles. The number of ether oxygens (including phenoxy) is 3. The lowest BCUT2D eigenvalue weighted by Crippen LogP contribution is -2.42. The Balaban J connectivity index is 2.58. The van der Waals surface area contributed by atoms with Gasteiger partial charge in [0.05, 0.1) is 19.8 Å². The quantitative estimate of drug-likeness (QED) is 0.474. The van der Waals surface area contributed by atoms with Crippen LogP contribution >= 0.6 is 0 Å². The summed E-state index contributed by atoms with van der Waals surface area (Å²) in [6.07, 6.45) is 3.62. The van der Waals surface area contributed by atoms with Crippen LogP contribution < -0.4 is 0 Å². The molecule has 0 N–H and O–H groups in total. The van der Waals surface area contributed by atoms with Gasteiger partial charge < -0.3 is 14.2 Å². The third-order valence-electron chi connectivity index (χ3n) is 1.72. The zero-order chi connectivity index (χ0) is 9.73. The summed E-state index contributed by atoms with van der Waals surface area (Å²) < 4.78 is 15.3. The highest BCUT2D eigenvalue weighted by atomic mass is 16.7. The van der Waals surface area contributed by atoms with Gasteiger partial charge in [0, 0.05) is 6.92 Å². The summed E-state index contributed by atoms with van der Waals surface area (Å²) in [5, 5.41) is 0. The van der Waals surface area contributed by atoms with Gasteiger partial charge in [-0.2, -0.15) is 0 Å². The van der Waals surface area contributed by atoms with Crippen LogP contribution in [0.1, 0.15) is 13.8 Å². The number of carbonyl (C=O) groups excluding carboxylic acids is 1. The first kappa shape index (κ1) is 10.2. The van der Waals surface area contributed by atoms with Crippen LogP contribution in [-0.4, -0.2) is 31.6 Å². The molecule has 0 radical (unpaired) electrons. The van der Waals surface area contributed by atoms with E-state index >= 15 is 0 Å². The van der Waals surface area contributed by atoms with E-state index in [9.17, 15) is 4.79 Å². The lowest BCUT2D eigenvalue weighted by molar-refractivity contribution is -0.230. The third kappa shape index (κ3) is 2.54. The molecule has 0 aromatic carbocycles. The molecule has 0 fully saturated rings. The SMILES string of the molecule is CCOC(=O)C1(C)OCC=CCO1. The van der Waals surface area contributed by atoms with Crippen LogP contribution in [0.15, 0.2) is 12.2 Å². The maximum Gasteiger partial charge on any atom is 0.366 e. The van der Waals surface area contributed by atoms with Crippen molar-refractivity contribution < 1.29 is 19.0 Å². The van der Waals surface area contributed by atoms with E-state index in [4.69, 9.17) is 14.2 Å². The van der Waals surface area contributed by atoms with Gasteiger partial charge in [0.15, 0.2) is 0 Å². The van der Waals surface area contributed by atoms with Crippen LogP contribution in [0.5, 0.6) is 0 Å². The Labute approximate surface area is 77.5 Å². The average molecular weight is 186 g/mol. The van der Waals surface area contributed by atoms with Crippen molar-refractivity contribution in [3.63, 3.8) is 0 Å². The predicted molar refractivity (Wildman–Crippen MR) is 46.1 cm³/mol. The average Bonchev–Trinajstić information content (AvgIpc) is 2.32. The van der Waals surface area contributed by atoms with Crippen LogP contribution in [-0.2, 0) is 19.0 Å². The molecular weight excluding hydrogens is 172 g/mol. The summed E-state index contributed by atoms with van der Waals surface area (Å²) in [4.78, 5) is 11.4. The summed E-state index contributed by atoms with van der Waals surface area (Å²) in [5.41, 5.74) is 0. The highest BCUT2D eigenvalue weighted by Crippen LogP contribution is 2.16. The molecule has 1 heterocycles. The third-order valence-corrected chi connectivity index (χ3v) is 1.72. The van der Waals surface area contributed by atoms with Crippen molar-refractivity contribution in [1.82, 2.24) is 0 Å². The standard InChI is InChI=1S/C9H14O4/c1-3-11-8(10)9(2)12-6-4-5-7-13-9/h4-5H,3,6-7H2,1-2H3. The first-order valence-corrected chi connectivity index (χ1v) is 4.29. The first-order valence-electron chi connectivity index (χ1n) is 4.29. The van der Waals surface area contributed by atoms with Gasteiger partial charge in [-0.3, -0.25) is 0 Å². The van der Waals surface area contributed by atoms with Crippen molar-refractivity contribution in [1.29, 1.82) is 0 Å². The fraction of sp³-hybridized carbons (Fsp3) is 0.667. The Hall–Kier alpha value is -0.870. The molecule has 4 heteroatoms. The first-order chi connectivity index (χ1) is 6.19. The Bertz CT molecular complexity index is 200. The number of hydrogen-bond donors (Lipinski definition) is 0. The van der Waals surface area contributed by atoms with Crippen molar-refractivity contribution in [2.45, 2.75) is 19.6 Å². The number of hydrogen-bond acceptors (Lipinski definition) is 4. The fourth-order valence-corrected chi connectivity index (χ4v) is 0.972. The second-order valence-electron chi connectivity index (χ2n) is 2.76. The van der Waals surface area contributed by atoms with Gasteiger partial charge in [0.1, 0.15) is 0 Å². The van der Waals surface area contributed by atoms with E-state index in [1.54, 1.807) is 13.8 Å². The summed E-state index contributed by atoms with van der Waals surface area (Å²) in [6.45, 7) is 4.38. The molecule has 0 unspecified atom stereocenters. The second-order valence-corrected chi connectivity index (χ2v) is 2.76. The van der Waals surface area contributed by atoms with Crippen LogP contribution in [0, 0.1) is 0 Å². The van der Waals surface area contributed by atoms with Crippen LogP contribution in [0.4, 0.5) is 0 Å². The Morgan fingerprint density at radius 2 is 2.00 bits per heavy atom. The normalized spacial score (nSPS) is 20.8. The maximum absolute atomic E-state index is 11.4. The summed E-state index contributed by atoms with van der Waals surface area (Å²) in [6, 6.07) is 0. The van der Waals surface area contributed by atoms with Gasteiger partial charge in [-0.05, 0) is 6.92 Å². The van der Waals surface area contributed by atoms with Crippen molar-refractivity contribution in [2.75, 3.05) is 19.8 Å². The second kappa shape index (κ2) is 4.39. The van der Waals surface area contributed by atoms with Gasteiger partial charge in [-0.15, -0.1) is 0 Å². The molecule has 0 saturated heterocycles. The van der Waals surface area contributed by atoms with Crippen molar-refractivity contribution >= 4 is 5.97 Å². The lowest BCUT2D eigenvalue weighted by Gasteiger charge is -2.24. The minimum absolute atomic E-state index is 0.328. The molecule has 0 spiro atoms. The minimum atomic E-state index is -1.25. The molecule has 1 aliphatic rings. The van der Waals surface area contributed by atoms with Crippen molar-refractivity contribution in [2.24, 2.45) is 0 Å². The molecule has 4 nitrogen and oxygen atoms in total. The van der Waals surface area contributed by atoms with E-state index in [1.165, 1.54) is 0 Å². The highest BCUT2D eigenvalue weighted by Gasteiger charge is 2.37. The predicted octanol–water partition coefficient (Wildman–Crippen LogP) is 0.869. The molecule has 1 rings (SSSR count). The zero-order valence-electron chi connectivity index (χ0n) is 7.91. The maximum atomic E-state index is 11.4. The lowest BCUT2D eigenvalue weighted by atomic mass is 10.3. The molecule has 13 heavy (non-hydrogen) atoms. The largest absolute Gasteiger partial charge is 0.462 e. The van der Waals surface area contributed by atoms with Crippen LogP contribution in [0.3, 0.4) is 0 Å². The van der Waals surface area contributed by atoms with Crippen molar-refractivity contribution in [3.05, 3.63) is 12.2 Å². The molecule has 74 valence electrons. The molecular formula is C9H14O4. The summed E-state index contributed by atoms with van der Waals surface area (Å²) in [7, 11) is 0. The Morgan fingerprint density at radius 1 is 1.46 bits per heavy atom. The molecule has 0 aromatic heterocycles. The molecule has 1 aliphatic heterocycles. The van der Waals surface area contributed by atoms with Gasteiger partial charge in [-0.1, -0.05) is 12.2 Å². The van der Waals surface area contributed by atoms with E-state index in [1.807, 2.05) is 12.2 Å². The summed E-state index contributed by atoms with van der Waals surface area (Å²) in [5.74, 6) is -1.72. The van der Waals surface area contributed by atoms with E-state index in [0.717, 1.165) is 0 Å². The highest BCUT2D eigenvalue weighted by molar-refractivity contribution is 5.77. The van der Waals surface area contributed by atoms with Crippen molar-refractivity contribution in [3.8, 4) is 0 Å². The molecule has 0 amide bonds. The van der Waals surface area contributed by atoms with E-state index < -0.39 is 11.8 Å². The van der Waals surface area contributed by atoms with Crippen LogP contribution in [0.2, 0.25) is 0 Å². The molecule has 0 atom stereocenters. The molecule has 0 aromatic rings. The van der Waals surface area contributed by atoms with E-state index in [0.29, 0.717) is 19.8 Å². The Kier molecular flexibility index (Phi) is 3.45. The van der Waals surface area contributed by atoms with E-state index in [-0.39, 0.29) is 0 Å². The van der Waals surface area contributed by atoms with Gasteiger partial charge >= 0.3 is 5.97 Å². The van der Waals surface area contributed by atoms with Gasteiger partial charge in [-0.25, -0.2) is 4.79 Å². The zero-order valence-corrected chi connectivity index (χ0v) is 7.91. The molecule has 0 bridgehead atoms. The minimum Gasteiger partial charge on any atom is -0.462 e. The number of carbonyl (C=O) groups is 1. The topological polar surface area (TPSA) is 44.8 Å². The monoisotopic (exact) mass is 186 g/mol. The number of rotatable bonds is 2. The molecule has 0 aliphatic carbocycles. The van der Waals surface area contributed by atoms with E-state index in [2.05, 4.69) is 0 Å². The van der Waals surface area contributed by atoms with Crippen LogP contribution in [0.25, 0.3) is 0 Å². The smallest absolute Gasteiger partial charge is 0.366 e. The summed E-state index contributed by atoms with van der Waals surface area (Å²) >= 11 is 0. The fourth-order valence-electron chi connectivity index (χ4n) is 0.972. The number of esters is 1.